The van der Waals surface area contributed by atoms with Gasteiger partial charge in [0.05, 0.1) is 12.2 Å². The van der Waals surface area contributed by atoms with E-state index in [1.165, 1.54) is 0 Å². The molecule has 12 heavy (non-hydrogen) atoms. The smallest absolute Gasteiger partial charge is 0.0897 e. The van der Waals surface area contributed by atoms with E-state index >= 15 is 0 Å². The predicted molar refractivity (Wildman–Crippen MR) is 46.5 cm³/mol. The summed E-state index contributed by atoms with van der Waals surface area (Å²) < 4.78 is 0. The second-order valence-corrected chi connectivity index (χ2v) is 4.43. The first-order valence-electron chi connectivity index (χ1n) is 4.63. The summed E-state index contributed by atoms with van der Waals surface area (Å²) in [5.41, 5.74) is -0.135. The number of hydrogen-bond acceptors (Lipinski definition) is 2. The van der Waals surface area contributed by atoms with E-state index in [9.17, 15) is 10.2 Å². The number of aliphatic hydroxyl groups excluding tert-OH is 2. The maximum Gasteiger partial charge on any atom is 0.0897 e. The third-order valence-corrected chi connectivity index (χ3v) is 3.63. The van der Waals surface area contributed by atoms with Crippen molar-refractivity contribution >= 4 is 0 Å². The van der Waals surface area contributed by atoms with Crippen molar-refractivity contribution in [3.8, 4) is 0 Å². The SMILES string of the molecule is CC(C)C12C=CC(C1)C(O)C2O. The molecule has 1 fully saturated rings. The fraction of sp³-hybridized carbons (Fsp3) is 0.800. The lowest BCUT2D eigenvalue weighted by molar-refractivity contribution is -0.0294. The summed E-state index contributed by atoms with van der Waals surface area (Å²) in [6, 6.07) is 0. The standard InChI is InChI=1S/C10H16O2/c1-6(2)10-4-3-7(5-10)8(11)9(10)12/h3-4,6-9,11-12H,5H2,1-2H3. The van der Waals surface area contributed by atoms with Crippen LogP contribution in [-0.2, 0) is 0 Å². The highest BCUT2D eigenvalue weighted by atomic mass is 16.3. The lowest BCUT2D eigenvalue weighted by Crippen LogP contribution is -2.40. The molecule has 1 saturated carbocycles. The van der Waals surface area contributed by atoms with Gasteiger partial charge in [-0.25, -0.2) is 0 Å². The molecular weight excluding hydrogens is 152 g/mol. The van der Waals surface area contributed by atoms with E-state index in [1.807, 2.05) is 0 Å². The molecule has 2 rings (SSSR count). The van der Waals surface area contributed by atoms with Crippen LogP contribution in [0.1, 0.15) is 20.3 Å². The van der Waals surface area contributed by atoms with Crippen LogP contribution in [0.3, 0.4) is 0 Å². The van der Waals surface area contributed by atoms with Crippen molar-refractivity contribution < 1.29 is 10.2 Å². The molecule has 0 aromatic carbocycles. The molecule has 0 amide bonds. The minimum atomic E-state index is -0.549. The van der Waals surface area contributed by atoms with Crippen molar-refractivity contribution in [1.82, 2.24) is 0 Å². The summed E-state index contributed by atoms with van der Waals surface area (Å²) in [5, 5.41) is 19.4. The quantitative estimate of drug-likeness (QED) is 0.572. The van der Waals surface area contributed by atoms with Crippen LogP contribution >= 0.6 is 0 Å². The molecule has 0 saturated heterocycles. The van der Waals surface area contributed by atoms with Gasteiger partial charge in [-0.1, -0.05) is 26.0 Å². The molecule has 68 valence electrons. The van der Waals surface area contributed by atoms with Crippen LogP contribution in [-0.4, -0.2) is 22.4 Å². The average Bonchev–Trinajstić information content (AvgIpc) is 2.53. The van der Waals surface area contributed by atoms with Gasteiger partial charge >= 0.3 is 0 Å². The van der Waals surface area contributed by atoms with Crippen molar-refractivity contribution in [2.45, 2.75) is 32.5 Å². The van der Waals surface area contributed by atoms with Crippen molar-refractivity contribution in [3.63, 3.8) is 0 Å². The Hall–Kier alpha value is -0.340. The van der Waals surface area contributed by atoms with Crippen LogP contribution in [0.15, 0.2) is 12.2 Å². The number of fused-ring (bicyclic) bond motifs is 2. The third kappa shape index (κ3) is 0.771. The first-order chi connectivity index (χ1) is 5.58. The monoisotopic (exact) mass is 168 g/mol. The van der Waals surface area contributed by atoms with Crippen LogP contribution in [0, 0.1) is 17.3 Å². The lowest BCUT2D eigenvalue weighted by Gasteiger charge is -2.34. The molecule has 4 unspecified atom stereocenters. The zero-order valence-corrected chi connectivity index (χ0v) is 7.57. The zero-order valence-electron chi connectivity index (χ0n) is 7.57. The van der Waals surface area contributed by atoms with Crippen LogP contribution < -0.4 is 0 Å². The van der Waals surface area contributed by atoms with E-state index in [0.29, 0.717) is 5.92 Å². The third-order valence-electron chi connectivity index (χ3n) is 3.63. The van der Waals surface area contributed by atoms with Crippen LogP contribution in [0.4, 0.5) is 0 Å². The van der Waals surface area contributed by atoms with Gasteiger partial charge in [-0.3, -0.25) is 0 Å². The van der Waals surface area contributed by atoms with Crippen LogP contribution in [0.25, 0.3) is 0 Å². The van der Waals surface area contributed by atoms with Gasteiger partial charge in [0.25, 0.3) is 0 Å². The molecule has 2 nitrogen and oxygen atoms in total. The van der Waals surface area contributed by atoms with E-state index in [-0.39, 0.29) is 11.3 Å². The Morgan fingerprint density at radius 3 is 2.42 bits per heavy atom. The van der Waals surface area contributed by atoms with Crippen LogP contribution in [0.5, 0.6) is 0 Å². The Kier molecular flexibility index (Phi) is 1.61. The summed E-state index contributed by atoms with van der Waals surface area (Å²) in [7, 11) is 0. The molecule has 4 atom stereocenters. The van der Waals surface area contributed by atoms with Gasteiger partial charge in [0.15, 0.2) is 0 Å². The van der Waals surface area contributed by atoms with Crippen LogP contribution in [0.2, 0.25) is 0 Å². The summed E-state index contributed by atoms with van der Waals surface area (Å²) in [5.74, 6) is 0.605. The molecule has 0 aromatic heterocycles. The van der Waals surface area contributed by atoms with Gasteiger partial charge in [0.1, 0.15) is 0 Å². The predicted octanol–water partition coefficient (Wildman–Crippen LogP) is 0.940. The van der Waals surface area contributed by atoms with Crippen molar-refractivity contribution in [3.05, 3.63) is 12.2 Å². The van der Waals surface area contributed by atoms with Gasteiger partial charge in [-0.2, -0.15) is 0 Å². The minimum absolute atomic E-state index is 0.135. The first kappa shape index (κ1) is 8.27. The molecule has 0 aliphatic heterocycles. The molecule has 2 N–H and O–H groups in total. The molecule has 2 aliphatic rings. The second kappa shape index (κ2) is 2.33. The molecule has 2 heteroatoms. The van der Waals surface area contributed by atoms with E-state index in [1.54, 1.807) is 0 Å². The Balaban J connectivity index is 2.34. The first-order valence-corrected chi connectivity index (χ1v) is 4.63. The number of rotatable bonds is 1. The zero-order chi connectivity index (χ0) is 8.93. The van der Waals surface area contributed by atoms with Gasteiger partial charge in [0, 0.05) is 11.3 Å². The molecule has 0 spiro atoms. The van der Waals surface area contributed by atoms with Crippen molar-refractivity contribution in [1.29, 1.82) is 0 Å². The van der Waals surface area contributed by atoms with Gasteiger partial charge in [0.2, 0.25) is 0 Å². The largest absolute Gasteiger partial charge is 0.390 e. The summed E-state index contributed by atoms with van der Waals surface area (Å²) in [4.78, 5) is 0. The van der Waals surface area contributed by atoms with Gasteiger partial charge in [-0.15, -0.1) is 0 Å². The van der Waals surface area contributed by atoms with E-state index < -0.39 is 12.2 Å². The minimum Gasteiger partial charge on any atom is -0.390 e. The van der Waals surface area contributed by atoms with Gasteiger partial charge in [-0.05, 0) is 12.3 Å². The lowest BCUT2D eigenvalue weighted by atomic mass is 9.75. The molecule has 0 radical (unpaired) electrons. The Morgan fingerprint density at radius 2 is 2.08 bits per heavy atom. The van der Waals surface area contributed by atoms with E-state index in [2.05, 4.69) is 26.0 Å². The molecular formula is C10H16O2. The Labute approximate surface area is 72.9 Å². The summed E-state index contributed by atoms with van der Waals surface area (Å²) in [6.45, 7) is 4.21. The molecule has 2 bridgehead atoms. The number of aliphatic hydroxyl groups is 2. The van der Waals surface area contributed by atoms with Gasteiger partial charge < -0.3 is 10.2 Å². The fourth-order valence-electron chi connectivity index (χ4n) is 2.62. The summed E-state index contributed by atoms with van der Waals surface area (Å²) >= 11 is 0. The van der Waals surface area contributed by atoms with Crippen molar-refractivity contribution in [2.24, 2.45) is 17.3 Å². The molecule has 0 aromatic rings. The second-order valence-electron chi connectivity index (χ2n) is 4.43. The Morgan fingerprint density at radius 1 is 1.42 bits per heavy atom. The Bertz CT molecular complexity index is 222. The summed E-state index contributed by atoms with van der Waals surface area (Å²) in [6.07, 6.45) is 3.99. The maximum absolute atomic E-state index is 9.81. The maximum atomic E-state index is 9.81. The highest BCUT2D eigenvalue weighted by molar-refractivity contribution is 5.23. The molecule has 0 heterocycles. The van der Waals surface area contributed by atoms with E-state index in [4.69, 9.17) is 0 Å². The van der Waals surface area contributed by atoms with E-state index in [0.717, 1.165) is 6.42 Å². The normalized spacial score (nSPS) is 50.9. The number of hydrogen-bond donors (Lipinski definition) is 2. The molecule has 2 aliphatic carbocycles. The topological polar surface area (TPSA) is 40.5 Å². The highest BCUT2D eigenvalue weighted by Gasteiger charge is 2.55. The highest BCUT2D eigenvalue weighted by Crippen LogP contribution is 2.53. The fourth-order valence-corrected chi connectivity index (χ4v) is 2.62. The van der Waals surface area contributed by atoms with Crippen molar-refractivity contribution in [2.75, 3.05) is 0 Å². The average molecular weight is 168 g/mol.